The van der Waals surface area contributed by atoms with E-state index in [1.165, 1.54) is 0 Å². The first-order valence-electron chi connectivity index (χ1n) is 9.93. The lowest BCUT2D eigenvalue weighted by molar-refractivity contribution is 0.122. The minimum absolute atomic E-state index is 0.224. The monoisotopic (exact) mass is 422 g/mol. The molecule has 31 heavy (non-hydrogen) atoms. The van der Waals surface area contributed by atoms with Crippen LogP contribution in [0.15, 0.2) is 42.5 Å². The molecule has 0 aliphatic carbocycles. The Labute approximate surface area is 179 Å². The lowest BCUT2D eigenvalue weighted by atomic mass is 10.3. The topological polar surface area (TPSA) is 103 Å². The summed E-state index contributed by atoms with van der Waals surface area (Å²) in [6.07, 6.45) is 0. The van der Waals surface area contributed by atoms with Gasteiger partial charge in [0, 0.05) is 30.5 Å². The largest absolute Gasteiger partial charge is 0.497 e. The Balaban J connectivity index is 1.43. The molecular formula is C21H22N6O4. The summed E-state index contributed by atoms with van der Waals surface area (Å²) in [6.45, 7) is 2.93. The second-order valence-corrected chi connectivity index (χ2v) is 6.93. The molecule has 0 spiro atoms. The first-order chi connectivity index (χ1) is 15.3. The van der Waals surface area contributed by atoms with Crippen molar-refractivity contribution in [2.45, 2.75) is 0 Å². The lowest BCUT2D eigenvalue weighted by Crippen LogP contribution is -2.37. The van der Waals surface area contributed by atoms with Crippen LogP contribution in [-0.4, -0.2) is 55.2 Å². The van der Waals surface area contributed by atoms with Gasteiger partial charge >= 0.3 is 0 Å². The van der Waals surface area contributed by atoms with Crippen LogP contribution in [0.25, 0.3) is 0 Å². The Morgan fingerprint density at radius 3 is 2.26 bits per heavy atom. The summed E-state index contributed by atoms with van der Waals surface area (Å²) in [7, 11) is 1.64. The van der Waals surface area contributed by atoms with Crippen LogP contribution in [0.3, 0.4) is 0 Å². The van der Waals surface area contributed by atoms with E-state index in [0.717, 1.165) is 36.0 Å². The van der Waals surface area contributed by atoms with Crippen LogP contribution >= 0.6 is 0 Å². The number of nitrogens with zero attached hydrogens (tertiary/aromatic N) is 4. The molecule has 2 aliphatic rings. The van der Waals surface area contributed by atoms with Crippen molar-refractivity contribution in [2.24, 2.45) is 0 Å². The number of anilines is 5. The average Bonchev–Trinajstić information content (AvgIpc) is 3.28. The number of rotatable bonds is 6. The lowest BCUT2D eigenvalue weighted by Gasteiger charge is -2.27. The van der Waals surface area contributed by atoms with Gasteiger partial charge in [0.2, 0.25) is 24.6 Å². The standard InChI is InChI=1S/C21H22N6O4/c1-28-16-5-2-14(3-6-16)22-19-24-20(26-21(25-19)27-8-10-29-11-9-27)23-15-4-7-17-18(12-15)31-13-30-17/h2-7,12H,8-11,13H2,1H3,(H2,22,23,24,25,26). The summed E-state index contributed by atoms with van der Waals surface area (Å²) >= 11 is 0. The molecule has 10 heteroatoms. The fraction of sp³-hybridized carbons (Fsp3) is 0.286. The Kier molecular flexibility index (Phi) is 5.28. The van der Waals surface area contributed by atoms with Crippen molar-refractivity contribution in [3.8, 4) is 17.2 Å². The van der Waals surface area contributed by atoms with Gasteiger partial charge in [0.05, 0.1) is 20.3 Å². The normalized spacial score (nSPS) is 14.9. The second-order valence-electron chi connectivity index (χ2n) is 6.93. The molecule has 0 atom stereocenters. The summed E-state index contributed by atoms with van der Waals surface area (Å²) in [5.74, 6) is 3.62. The smallest absolute Gasteiger partial charge is 0.233 e. The number of aromatic nitrogens is 3. The van der Waals surface area contributed by atoms with Crippen LogP contribution in [0.2, 0.25) is 0 Å². The Morgan fingerprint density at radius 2 is 1.52 bits per heavy atom. The van der Waals surface area contributed by atoms with Crippen LogP contribution in [0.4, 0.5) is 29.2 Å². The zero-order valence-corrected chi connectivity index (χ0v) is 17.0. The highest BCUT2D eigenvalue weighted by atomic mass is 16.7. The highest BCUT2D eigenvalue weighted by Crippen LogP contribution is 2.35. The third kappa shape index (κ3) is 4.38. The van der Waals surface area contributed by atoms with E-state index in [1.807, 2.05) is 42.5 Å². The third-order valence-corrected chi connectivity index (χ3v) is 4.89. The molecule has 0 unspecified atom stereocenters. The molecule has 1 aromatic heterocycles. The fourth-order valence-electron chi connectivity index (χ4n) is 3.29. The molecule has 2 N–H and O–H groups in total. The maximum atomic E-state index is 5.46. The summed E-state index contributed by atoms with van der Waals surface area (Å²) in [4.78, 5) is 15.9. The molecule has 1 fully saturated rings. The van der Waals surface area contributed by atoms with Gasteiger partial charge in [-0.3, -0.25) is 0 Å². The number of ether oxygens (including phenoxy) is 4. The third-order valence-electron chi connectivity index (χ3n) is 4.89. The highest BCUT2D eigenvalue weighted by molar-refractivity contribution is 5.63. The second kappa shape index (κ2) is 8.52. The van der Waals surface area contributed by atoms with Crippen LogP contribution in [0.1, 0.15) is 0 Å². The van der Waals surface area contributed by atoms with Crippen LogP contribution in [0.5, 0.6) is 17.2 Å². The summed E-state index contributed by atoms with van der Waals surface area (Å²) < 4.78 is 21.5. The van der Waals surface area contributed by atoms with Gasteiger partial charge in [-0.1, -0.05) is 0 Å². The first kappa shape index (κ1) is 19.2. The fourth-order valence-corrected chi connectivity index (χ4v) is 3.29. The first-order valence-corrected chi connectivity index (χ1v) is 9.93. The summed E-state index contributed by atoms with van der Waals surface area (Å²) in [6, 6.07) is 13.2. The van der Waals surface area contributed by atoms with Crippen LogP contribution in [-0.2, 0) is 4.74 Å². The van der Waals surface area contributed by atoms with Crippen molar-refractivity contribution >= 4 is 29.2 Å². The van der Waals surface area contributed by atoms with Crippen molar-refractivity contribution in [3.63, 3.8) is 0 Å². The Morgan fingerprint density at radius 1 is 0.839 bits per heavy atom. The molecule has 3 heterocycles. The van der Waals surface area contributed by atoms with E-state index < -0.39 is 0 Å². The predicted molar refractivity (Wildman–Crippen MR) is 115 cm³/mol. The molecule has 160 valence electrons. The number of methoxy groups -OCH3 is 1. The van der Waals surface area contributed by atoms with E-state index in [2.05, 4.69) is 30.5 Å². The molecule has 0 amide bonds. The van der Waals surface area contributed by atoms with E-state index in [-0.39, 0.29) is 6.79 Å². The van der Waals surface area contributed by atoms with E-state index in [4.69, 9.17) is 18.9 Å². The SMILES string of the molecule is COc1ccc(Nc2nc(Nc3ccc4c(c3)OCO4)nc(N3CCOCC3)n2)cc1. The van der Waals surface area contributed by atoms with E-state index in [0.29, 0.717) is 36.8 Å². The van der Waals surface area contributed by atoms with Crippen molar-refractivity contribution < 1.29 is 18.9 Å². The average molecular weight is 422 g/mol. The van der Waals surface area contributed by atoms with E-state index in [9.17, 15) is 0 Å². The molecule has 2 aliphatic heterocycles. The Bertz CT molecular complexity index is 1060. The van der Waals surface area contributed by atoms with Crippen LogP contribution in [0, 0.1) is 0 Å². The number of benzene rings is 2. The number of nitrogens with one attached hydrogen (secondary N) is 2. The maximum absolute atomic E-state index is 5.46. The van der Waals surface area contributed by atoms with Gasteiger partial charge in [0.25, 0.3) is 0 Å². The van der Waals surface area contributed by atoms with Gasteiger partial charge in [-0.15, -0.1) is 0 Å². The number of hydrogen-bond acceptors (Lipinski definition) is 10. The van der Waals surface area contributed by atoms with Crippen molar-refractivity contribution in [1.82, 2.24) is 15.0 Å². The number of morpholine rings is 1. The van der Waals surface area contributed by atoms with Gasteiger partial charge < -0.3 is 34.5 Å². The quantitative estimate of drug-likeness (QED) is 0.616. The van der Waals surface area contributed by atoms with Crippen molar-refractivity contribution in [2.75, 3.05) is 55.7 Å². The zero-order valence-electron chi connectivity index (χ0n) is 17.0. The predicted octanol–water partition coefficient (Wildman–Crippen LogP) is 2.93. The molecule has 2 aromatic carbocycles. The molecule has 0 bridgehead atoms. The van der Waals surface area contributed by atoms with Gasteiger partial charge in [-0.25, -0.2) is 0 Å². The van der Waals surface area contributed by atoms with Gasteiger partial charge in [-0.05, 0) is 36.4 Å². The van der Waals surface area contributed by atoms with Crippen molar-refractivity contribution in [3.05, 3.63) is 42.5 Å². The molecule has 10 nitrogen and oxygen atoms in total. The van der Waals surface area contributed by atoms with Crippen LogP contribution < -0.4 is 29.7 Å². The van der Waals surface area contributed by atoms with Crippen molar-refractivity contribution in [1.29, 1.82) is 0 Å². The number of hydrogen-bond donors (Lipinski definition) is 2. The minimum atomic E-state index is 0.224. The molecule has 0 saturated carbocycles. The highest BCUT2D eigenvalue weighted by Gasteiger charge is 2.18. The van der Waals surface area contributed by atoms with Gasteiger partial charge in [0.15, 0.2) is 11.5 Å². The Hall–Kier alpha value is -3.79. The summed E-state index contributed by atoms with van der Waals surface area (Å²) in [5.41, 5.74) is 1.63. The minimum Gasteiger partial charge on any atom is -0.497 e. The van der Waals surface area contributed by atoms with E-state index in [1.54, 1.807) is 7.11 Å². The molecule has 1 saturated heterocycles. The van der Waals surface area contributed by atoms with Gasteiger partial charge in [0.1, 0.15) is 5.75 Å². The van der Waals surface area contributed by atoms with E-state index >= 15 is 0 Å². The zero-order chi connectivity index (χ0) is 21.0. The molecule has 0 radical (unpaired) electrons. The number of fused-ring (bicyclic) bond motifs is 1. The molecule has 3 aromatic rings. The van der Waals surface area contributed by atoms with Gasteiger partial charge in [-0.2, -0.15) is 15.0 Å². The molecule has 5 rings (SSSR count). The summed E-state index contributed by atoms with van der Waals surface area (Å²) in [5, 5.41) is 6.48. The maximum Gasteiger partial charge on any atom is 0.233 e. The molecular weight excluding hydrogens is 400 g/mol.